The molecule has 1 aliphatic heterocycles. The van der Waals surface area contributed by atoms with Gasteiger partial charge in [-0.1, -0.05) is 12.1 Å². The summed E-state index contributed by atoms with van der Waals surface area (Å²) in [6, 6.07) is 9.28. The molecule has 0 amide bonds. The van der Waals surface area contributed by atoms with Crippen molar-refractivity contribution in [1.82, 2.24) is 9.78 Å². The Kier molecular flexibility index (Phi) is 4.07. The molecule has 1 fully saturated rings. The summed E-state index contributed by atoms with van der Waals surface area (Å²) in [6.07, 6.45) is 5.23. The van der Waals surface area contributed by atoms with Gasteiger partial charge in [-0.15, -0.1) is 0 Å². The van der Waals surface area contributed by atoms with E-state index in [0.29, 0.717) is 6.61 Å². The van der Waals surface area contributed by atoms with E-state index in [1.807, 2.05) is 36.5 Å². The Morgan fingerprint density at radius 2 is 2.10 bits per heavy atom. The van der Waals surface area contributed by atoms with E-state index in [9.17, 15) is 8.42 Å². The van der Waals surface area contributed by atoms with Crippen LogP contribution < -0.4 is 0 Å². The van der Waals surface area contributed by atoms with Crippen molar-refractivity contribution in [3.05, 3.63) is 48.3 Å². The van der Waals surface area contributed by atoms with Crippen LogP contribution in [0, 0.1) is 0 Å². The Morgan fingerprint density at radius 1 is 1.29 bits per heavy atom. The highest BCUT2D eigenvalue weighted by molar-refractivity contribution is 7.90. The molecule has 0 aliphatic carbocycles. The van der Waals surface area contributed by atoms with Crippen LogP contribution in [-0.2, 0) is 20.3 Å². The maximum Gasteiger partial charge on any atom is 0.156 e. The second-order valence-corrected chi connectivity index (χ2v) is 7.42. The molecule has 1 aromatic heterocycles. The Morgan fingerprint density at radius 3 is 2.71 bits per heavy atom. The lowest BCUT2D eigenvalue weighted by Gasteiger charge is -2.10. The first-order chi connectivity index (χ1) is 10.1. The summed E-state index contributed by atoms with van der Waals surface area (Å²) >= 11 is 0. The van der Waals surface area contributed by atoms with Gasteiger partial charge in [0.15, 0.2) is 9.84 Å². The third-order valence-electron chi connectivity index (χ3n) is 3.56. The second kappa shape index (κ2) is 5.99. The Bertz CT molecular complexity index is 672. The lowest BCUT2D eigenvalue weighted by molar-refractivity contribution is 0.127. The summed E-state index contributed by atoms with van der Waals surface area (Å²) in [6.45, 7) is 0.679. The fourth-order valence-electron chi connectivity index (χ4n) is 2.54. The number of hydrogen-bond acceptors (Lipinski definition) is 4. The average molecular weight is 306 g/mol. The quantitative estimate of drug-likeness (QED) is 0.847. The number of aromatic nitrogens is 2. The minimum atomic E-state index is -3.13. The summed E-state index contributed by atoms with van der Waals surface area (Å²) in [5.41, 5.74) is 1.71. The van der Waals surface area contributed by atoms with Gasteiger partial charge in [0, 0.05) is 19.0 Å². The standard InChI is InChI=1S/C15H18N2O3S/c18-21(19,12-15-3-1-10-20-15)11-13-4-6-14(7-5-13)17-9-2-8-16-17/h2,4-9,15H,1,3,10-12H2/t15-/m0/s1. The first-order valence-electron chi connectivity index (χ1n) is 7.03. The summed E-state index contributed by atoms with van der Waals surface area (Å²) in [5, 5.41) is 4.14. The van der Waals surface area contributed by atoms with E-state index in [-0.39, 0.29) is 17.6 Å². The van der Waals surface area contributed by atoms with Gasteiger partial charge in [0.25, 0.3) is 0 Å². The van der Waals surface area contributed by atoms with Crippen LogP contribution in [0.5, 0.6) is 0 Å². The van der Waals surface area contributed by atoms with E-state index in [1.165, 1.54) is 0 Å². The van der Waals surface area contributed by atoms with Crippen molar-refractivity contribution in [1.29, 1.82) is 0 Å². The van der Waals surface area contributed by atoms with E-state index in [1.54, 1.807) is 10.9 Å². The van der Waals surface area contributed by atoms with Crippen LogP contribution in [0.1, 0.15) is 18.4 Å². The van der Waals surface area contributed by atoms with E-state index in [2.05, 4.69) is 5.10 Å². The molecule has 3 rings (SSSR count). The van der Waals surface area contributed by atoms with Crippen LogP contribution in [0.2, 0.25) is 0 Å². The van der Waals surface area contributed by atoms with Crippen LogP contribution in [0.25, 0.3) is 5.69 Å². The number of sulfone groups is 1. The monoisotopic (exact) mass is 306 g/mol. The molecule has 1 aliphatic rings. The predicted octanol–water partition coefficient (Wildman–Crippen LogP) is 1.97. The number of rotatable bonds is 5. The molecule has 112 valence electrons. The smallest absolute Gasteiger partial charge is 0.156 e. The van der Waals surface area contributed by atoms with Gasteiger partial charge in [-0.3, -0.25) is 0 Å². The van der Waals surface area contributed by atoms with Crippen molar-refractivity contribution >= 4 is 9.84 Å². The zero-order chi connectivity index (χ0) is 14.7. The van der Waals surface area contributed by atoms with Crippen LogP contribution in [0.3, 0.4) is 0 Å². The molecule has 0 unspecified atom stereocenters. The molecule has 2 heterocycles. The second-order valence-electron chi connectivity index (χ2n) is 5.31. The topological polar surface area (TPSA) is 61.2 Å². The molecule has 0 N–H and O–H groups in total. The van der Waals surface area contributed by atoms with Crippen molar-refractivity contribution < 1.29 is 13.2 Å². The molecule has 6 heteroatoms. The van der Waals surface area contributed by atoms with E-state index in [4.69, 9.17) is 4.74 Å². The zero-order valence-corrected chi connectivity index (χ0v) is 12.5. The molecule has 5 nitrogen and oxygen atoms in total. The third kappa shape index (κ3) is 3.71. The summed E-state index contributed by atoms with van der Waals surface area (Å²) in [4.78, 5) is 0. The molecular weight excluding hydrogens is 288 g/mol. The Hall–Kier alpha value is -1.66. The predicted molar refractivity (Wildman–Crippen MR) is 80.0 cm³/mol. The van der Waals surface area contributed by atoms with Crippen LogP contribution >= 0.6 is 0 Å². The molecule has 1 saturated heterocycles. The Balaban J connectivity index is 1.67. The summed E-state index contributed by atoms with van der Waals surface area (Å²) in [5.74, 6) is 0.181. The van der Waals surface area contributed by atoms with Gasteiger partial charge in [0.05, 0.1) is 23.3 Å². The van der Waals surface area contributed by atoms with Gasteiger partial charge >= 0.3 is 0 Å². The van der Waals surface area contributed by atoms with Gasteiger partial charge < -0.3 is 4.74 Å². The minimum Gasteiger partial charge on any atom is -0.377 e. The molecule has 0 spiro atoms. The first-order valence-corrected chi connectivity index (χ1v) is 8.85. The fourth-order valence-corrected chi connectivity index (χ4v) is 4.19. The molecule has 1 aromatic carbocycles. The van der Waals surface area contributed by atoms with Crippen molar-refractivity contribution in [2.75, 3.05) is 12.4 Å². The van der Waals surface area contributed by atoms with E-state index >= 15 is 0 Å². The van der Waals surface area contributed by atoms with Gasteiger partial charge in [0.2, 0.25) is 0 Å². The maximum atomic E-state index is 12.2. The van der Waals surface area contributed by atoms with Crippen molar-refractivity contribution in [3.63, 3.8) is 0 Å². The van der Waals surface area contributed by atoms with Gasteiger partial charge in [0.1, 0.15) is 0 Å². The molecule has 0 saturated carbocycles. The summed E-state index contributed by atoms with van der Waals surface area (Å²) in [7, 11) is -3.13. The van der Waals surface area contributed by atoms with Crippen molar-refractivity contribution in [3.8, 4) is 5.69 Å². The highest BCUT2D eigenvalue weighted by Gasteiger charge is 2.23. The number of nitrogens with zero attached hydrogens (tertiary/aromatic N) is 2. The normalized spacial score (nSPS) is 19.0. The van der Waals surface area contributed by atoms with Crippen LogP contribution in [-0.4, -0.2) is 36.7 Å². The lowest BCUT2D eigenvalue weighted by Crippen LogP contribution is -2.21. The van der Waals surface area contributed by atoms with Gasteiger partial charge in [-0.2, -0.15) is 5.10 Å². The molecule has 2 aromatic rings. The van der Waals surface area contributed by atoms with E-state index in [0.717, 1.165) is 24.1 Å². The molecule has 1 atom stereocenters. The molecule has 21 heavy (non-hydrogen) atoms. The van der Waals surface area contributed by atoms with Crippen LogP contribution in [0.4, 0.5) is 0 Å². The third-order valence-corrected chi connectivity index (χ3v) is 5.21. The lowest BCUT2D eigenvalue weighted by atomic mass is 10.2. The molecular formula is C15H18N2O3S. The number of ether oxygens (including phenoxy) is 1. The first kappa shape index (κ1) is 14.3. The SMILES string of the molecule is O=S(=O)(Cc1ccc(-n2cccn2)cc1)C[C@@H]1CCCO1. The molecule has 0 bridgehead atoms. The van der Waals surface area contributed by atoms with Crippen molar-refractivity contribution in [2.24, 2.45) is 0 Å². The molecule has 0 radical (unpaired) electrons. The average Bonchev–Trinajstić information content (AvgIpc) is 3.11. The van der Waals surface area contributed by atoms with Gasteiger partial charge in [-0.05, 0) is 36.6 Å². The highest BCUT2D eigenvalue weighted by Crippen LogP contribution is 2.17. The van der Waals surface area contributed by atoms with Crippen molar-refractivity contribution in [2.45, 2.75) is 24.7 Å². The van der Waals surface area contributed by atoms with Gasteiger partial charge in [-0.25, -0.2) is 13.1 Å². The zero-order valence-electron chi connectivity index (χ0n) is 11.7. The van der Waals surface area contributed by atoms with E-state index < -0.39 is 9.84 Å². The maximum absolute atomic E-state index is 12.2. The van der Waals surface area contributed by atoms with Crippen LogP contribution in [0.15, 0.2) is 42.7 Å². The highest BCUT2D eigenvalue weighted by atomic mass is 32.2. The minimum absolute atomic E-state index is 0.0618. The number of hydrogen-bond donors (Lipinski definition) is 0. The Labute approximate surface area is 124 Å². The summed E-state index contributed by atoms with van der Waals surface area (Å²) < 4.78 is 31.5. The number of benzene rings is 1. The largest absolute Gasteiger partial charge is 0.377 e. The fraction of sp³-hybridized carbons (Fsp3) is 0.400.